The number of anilines is 1. The number of carbonyl (C=O) groups is 1. The van der Waals surface area contributed by atoms with Crippen molar-refractivity contribution >= 4 is 11.6 Å². The maximum atomic E-state index is 13.1. The SMILES string of the molecule is Cc1cc(C2C[C@@H]2C(=O)N2CCN(c3cc(C(F)(F)F)ccc3C)CC2)cc(C(F)(F)F)c1. The molecule has 1 amide bonds. The second-order valence-electron chi connectivity index (χ2n) is 8.89. The van der Waals surface area contributed by atoms with Crippen molar-refractivity contribution < 1.29 is 31.1 Å². The minimum Gasteiger partial charge on any atom is -0.368 e. The van der Waals surface area contributed by atoms with Crippen molar-refractivity contribution in [3.63, 3.8) is 0 Å². The van der Waals surface area contributed by atoms with E-state index in [4.69, 9.17) is 0 Å². The number of alkyl halides is 6. The monoisotopic (exact) mass is 470 g/mol. The first-order valence-electron chi connectivity index (χ1n) is 10.7. The fourth-order valence-corrected chi connectivity index (χ4v) is 4.56. The Bertz CT molecular complexity index is 1050. The van der Waals surface area contributed by atoms with Crippen LogP contribution in [0.15, 0.2) is 36.4 Å². The van der Waals surface area contributed by atoms with Crippen molar-refractivity contribution in [1.29, 1.82) is 0 Å². The molecule has 178 valence electrons. The first kappa shape index (κ1) is 23.4. The molecule has 3 nitrogen and oxygen atoms in total. The van der Waals surface area contributed by atoms with Gasteiger partial charge in [-0.2, -0.15) is 26.3 Å². The largest absolute Gasteiger partial charge is 0.416 e. The van der Waals surface area contributed by atoms with Gasteiger partial charge in [0.15, 0.2) is 0 Å². The minimum absolute atomic E-state index is 0.101. The number of carbonyl (C=O) groups excluding carboxylic acids is 1. The molecule has 33 heavy (non-hydrogen) atoms. The van der Waals surface area contributed by atoms with E-state index in [9.17, 15) is 31.1 Å². The zero-order valence-corrected chi connectivity index (χ0v) is 18.2. The highest BCUT2D eigenvalue weighted by Gasteiger charge is 2.47. The molecule has 4 rings (SSSR count). The van der Waals surface area contributed by atoms with Gasteiger partial charge in [-0.3, -0.25) is 4.79 Å². The van der Waals surface area contributed by atoms with Gasteiger partial charge in [0.25, 0.3) is 0 Å². The molecule has 2 aliphatic rings. The van der Waals surface area contributed by atoms with Gasteiger partial charge in [-0.15, -0.1) is 0 Å². The van der Waals surface area contributed by atoms with Gasteiger partial charge in [-0.1, -0.05) is 17.7 Å². The van der Waals surface area contributed by atoms with E-state index in [1.807, 2.05) is 4.90 Å². The molecule has 9 heteroatoms. The van der Waals surface area contributed by atoms with Crippen molar-refractivity contribution in [3.8, 4) is 0 Å². The van der Waals surface area contributed by atoms with Crippen LogP contribution < -0.4 is 4.90 Å². The lowest BCUT2D eigenvalue weighted by atomic mass is 10.0. The van der Waals surface area contributed by atoms with Crippen LogP contribution in [0, 0.1) is 19.8 Å². The van der Waals surface area contributed by atoms with Crippen molar-refractivity contribution in [2.24, 2.45) is 5.92 Å². The lowest BCUT2D eigenvalue weighted by molar-refractivity contribution is -0.138. The molecular formula is C24H24F6N2O. The number of nitrogens with zero attached hydrogens (tertiary/aromatic N) is 2. The summed E-state index contributed by atoms with van der Waals surface area (Å²) in [6.45, 7) is 4.87. The minimum atomic E-state index is -4.44. The van der Waals surface area contributed by atoms with Crippen LogP contribution in [-0.2, 0) is 17.1 Å². The van der Waals surface area contributed by atoms with E-state index < -0.39 is 23.5 Å². The Balaban J connectivity index is 1.40. The van der Waals surface area contributed by atoms with Gasteiger partial charge in [0.2, 0.25) is 5.91 Å². The molecule has 0 aromatic heterocycles. The second-order valence-corrected chi connectivity index (χ2v) is 8.89. The molecule has 1 saturated carbocycles. The Labute approximate surface area is 188 Å². The third kappa shape index (κ3) is 4.96. The zero-order chi connectivity index (χ0) is 24.1. The normalized spacial score (nSPS) is 21.3. The average Bonchev–Trinajstić information content (AvgIpc) is 3.53. The van der Waals surface area contributed by atoms with E-state index >= 15 is 0 Å². The summed E-state index contributed by atoms with van der Waals surface area (Å²) in [6, 6.07) is 7.56. The Hall–Kier alpha value is -2.71. The van der Waals surface area contributed by atoms with E-state index in [1.165, 1.54) is 6.07 Å². The van der Waals surface area contributed by atoms with E-state index in [2.05, 4.69) is 0 Å². The number of rotatable bonds is 3. The Morgan fingerprint density at radius 3 is 2.09 bits per heavy atom. The lowest BCUT2D eigenvalue weighted by Crippen LogP contribution is -2.49. The maximum absolute atomic E-state index is 13.1. The standard InChI is InChI=1S/C24H24F6N2O/c1-14-9-16(11-18(10-14)24(28,29)30)19-13-20(19)22(33)32-7-5-31(6-8-32)21-12-17(23(25,26)27)4-3-15(21)2/h3-4,9-12,19-20H,5-8,13H2,1-2H3/t19?,20-/m0/s1. The highest BCUT2D eigenvalue weighted by Crippen LogP contribution is 2.49. The number of hydrogen-bond donors (Lipinski definition) is 0. The van der Waals surface area contributed by atoms with Crippen LogP contribution in [0.3, 0.4) is 0 Å². The molecule has 0 radical (unpaired) electrons. The molecule has 1 unspecified atom stereocenters. The molecule has 0 spiro atoms. The summed E-state index contributed by atoms with van der Waals surface area (Å²) in [4.78, 5) is 16.5. The topological polar surface area (TPSA) is 23.6 Å². The van der Waals surface area contributed by atoms with Crippen LogP contribution in [0.4, 0.5) is 32.0 Å². The van der Waals surface area contributed by atoms with E-state index in [1.54, 1.807) is 24.8 Å². The van der Waals surface area contributed by atoms with Gasteiger partial charge in [-0.25, -0.2) is 0 Å². The van der Waals surface area contributed by atoms with Gasteiger partial charge in [0.05, 0.1) is 11.1 Å². The van der Waals surface area contributed by atoms with Crippen LogP contribution in [0.1, 0.15) is 40.2 Å². The van der Waals surface area contributed by atoms with Crippen LogP contribution in [0.25, 0.3) is 0 Å². The number of hydrogen-bond acceptors (Lipinski definition) is 2. The first-order chi connectivity index (χ1) is 15.3. The molecule has 1 heterocycles. The van der Waals surface area contributed by atoms with Crippen LogP contribution in [-0.4, -0.2) is 37.0 Å². The summed E-state index contributed by atoms with van der Waals surface area (Å²) in [6.07, 6.45) is -8.36. The number of amides is 1. The molecule has 0 N–H and O–H groups in total. The van der Waals surface area contributed by atoms with E-state index in [0.717, 1.165) is 29.8 Å². The quantitative estimate of drug-likeness (QED) is 0.530. The van der Waals surface area contributed by atoms with E-state index in [-0.39, 0.29) is 17.7 Å². The average molecular weight is 470 g/mol. The first-order valence-corrected chi connectivity index (χ1v) is 10.7. The summed E-state index contributed by atoms with van der Waals surface area (Å²) in [5.41, 5.74) is 0.840. The number of halogens is 6. The van der Waals surface area contributed by atoms with E-state index in [0.29, 0.717) is 49.4 Å². The lowest BCUT2D eigenvalue weighted by Gasteiger charge is -2.37. The van der Waals surface area contributed by atoms with Crippen molar-refractivity contribution in [1.82, 2.24) is 4.90 Å². The Morgan fingerprint density at radius 1 is 0.848 bits per heavy atom. The van der Waals surface area contributed by atoms with Crippen LogP contribution >= 0.6 is 0 Å². The predicted molar refractivity (Wildman–Crippen MR) is 112 cm³/mol. The Kier molecular flexibility index (Phi) is 5.87. The van der Waals surface area contributed by atoms with Gasteiger partial charge in [0, 0.05) is 37.8 Å². The van der Waals surface area contributed by atoms with Crippen LogP contribution in [0.2, 0.25) is 0 Å². The fraction of sp³-hybridized carbons (Fsp3) is 0.458. The molecule has 2 aromatic carbocycles. The predicted octanol–water partition coefficient (Wildman–Crippen LogP) is 5.79. The van der Waals surface area contributed by atoms with Gasteiger partial charge >= 0.3 is 12.4 Å². The second kappa shape index (κ2) is 8.25. The smallest absolute Gasteiger partial charge is 0.368 e. The summed E-state index contributed by atoms with van der Waals surface area (Å²) in [5.74, 6) is -0.688. The van der Waals surface area contributed by atoms with Gasteiger partial charge < -0.3 is 9.80 Å². The number of benzene rings is 2. The van der Waals surface area contributed by atoms with Gasteiger partial charge in [0.1, 0.15) is 0 Å². The summed E-state index contributed by atoms with van der Waals surface area (Å²) >= 11 is 0. The third-order valence-corrected chi connectivity index (χ3v) is 6.43. The molecule has 2 aromatic rings. The molecule has 1 aliphatic carbocycles. The summed E-state index contributed by atoms with van der Waals surface area (Å²) in [7, 11) is 0. The number of aryl methyl sites for hydroxylation is 2. The summed E-state index contributed by atoms with van der Waals surface area (Å²) in [5, 5.41) is 0. The van der Waals surface area contributed by atoms with Gasteiger partial charge in [-0.05, 0) is 61.6 Å². The zero-order valence-electron chi connectivity index (χ0n) is 18.2. The molecule has 2 fully saturated rings. The molecule has 0 bridgehead atoms. The van der Waals surface area contributed by atoms with Crippen molar-refractivity contribution in [3.05, 3.63) is 64.2 Å². The highest BCUT2D eigenvalue weighted by atomic mass is 19.4. The molecule has 1 saturated heterocycles. The highest BCUT2D eigenvalue weighted by molar-refractivity contribution is 5.83. The molecule has 1 aliphatic heterocycles. The maximum Gasteiger partial charge on any atom is 0.416 e. The van der Waals surface area contributed by atoms with Crippen molar-refractivity contribution in [2.45, 2.75) is 38.5 Å². The molecule has 2 atom stereocenters. The van der Waals surface area contributed by atoms with Crippen LogP contribution in [0.5, 0.6) is 0 Å². The summed E-state index contributed by atoms with van der Waals surface area (Å²) < 4.78 is 78.7. The molecular weight excluding hydrogens is 446 g/mol. The third-order valence-electron chi connectivity index (χ3n) is 6.43. The number of piperazine rings is 1. The van der Waals surface area contributed by atoms with Crippen molar-refractivity contribution in [2.75, 3.05) is 31.1 Å². The Morgan fingerprint density at radius 2 is 1.48 bits per heavy atom. The fourth-order valence-electron chi connectivity index (χ4n) is 4.56.